The molecule has 1 aliphatic heterocycles. The van der Waals surface area contributed by atoms with E-state index in [1.54, 1.807) is 12.1 Å². The number of thiophene rings is 1. The average Bonchev–Trinajstić information content (AvgIpc) is 3.18. The third-order valence-corrected chi connectivity index (χ3v) is 8.49. The lowest BCUT2D eigenvalue weighted by Gasteiger charge is -2.33. The van der Waals surface area contributed by atoms with Crippen LogP contribution >= 0.6 is 23.1 Å². The Morgan fingerprint density at radius 2 is 1.90 bits per heavy atom. The number of carbonyl (C=O) groups excluding carboxylic acids is 2. The van der Waals surface area contributed by atoms with E-state index in [-0.39, 0.29) is 23.7 Å². The monoisotopic (exact) mass is 439 g/mol. The highest BCUT2D eigenvalue weighted by atomic mass is 32.2. The Bertz CT molecular complexity index is 1040. The summed E-state index contributed by atoms with van der Waals surface area (Å²) in [6, 6.07) is 9.58. The molecule has 2 N–H and O–H groups in total. The molecule has 0 spiro atoms. The smallest absolute Gasteiger partial charge is 0.248 e. The van der Waals surface area contributed by atoms with Crippen molar-refractivity contribution in [2.75, 3.05) is 10.6 Å². The van der Waals surface area contributed by atoms with Crippen LogP contribution in [0.25, 0.3) is 0 Å². The number of hydrogen-bond donors (Lipinski definition) is 1. The van der Waals surface area contributed by atoms with Crippen molar-refractivity contribution in [2.45, 2.75) is 56.6 Å². The third-order valence-electron chi connectivity index (χ3n) is 6.05. The van der Waals surface area contributed by atoms with Crippen LogP contribution in [0.4, 0.5) is 10.7 Å². The number of hydrogen-bond acceptors (Lipinski definition) is 6. The fourth-order valence-corrected chi connectivity index (χ4v) is 6.66. The number of amides is 2. The molecule has 1 saturated heterocycles. The first-order valence-electron chi connectivity index (χ1n) is 10.1. The first-order valence-corrected chi connectivity index (χ1v) is 11.8. The molecular formula is C23H25N3O2S2. The van der Waals surface area contributed by atoms with Gasteiger partial charge < -0.3 is 5.73 Å². The molecule has 1 aliphatic carbocycles. The van der Waals surface area contributed by atoms with Gasteiger partial charge in [-0.25, -0.2) is 4.90 Å². The van der Waals surface area contributed by atoms with Gasteiger partial charge in [0, 0.05) is 21.9 Å². The molecule has 2 amide bonds. The van der Waals surface area contributed by atoms with Gasteiger partial charge in [0.1, 0.15) is 11.1 Å². The van der Waals surface area contributed by atoms with Gasteiger partial charge >= 0.3 is 0 Å². The number of carbonyl (C=O) groups is 2. The molecule has 0 radical (unpaired) electrons. The summed E-state index contributed by atoms with van der Waals surface area (Å²) in [4.78, 5) is 29.3. The summed E-state index contributed by atoms with van der Waals surface area (Å²) in [6.07, 6.45) is 2.90. The number of nitrogens with zero attached hydrogens (tertiary/aromatic N) is 2. The minimum absolute atomic E-state index is 0.145. The minimum atomic E-state index is -0.478. The fraction of sp³-hybridized carbons (Fsp3) is 0.435. The molecule has 30 heavy (non-hydrogen) atoms. The quantitative estimate of drug-likeness (QED) is 0.549. The summed E-state index contributed by atoms with van der Waals surface area (Å²) in [5.41, 5.74) is 8.13. The number of benzene rings is 1. The van der Waals surface area contributed by atoms with Gasteiger partial charge in [-0.05, 0) is 60.4 Å². The number of thioether (sulfide) groups is 1. The molecule has 156 valence electrons. The highest BCUT2D eigenvalue weighted by Gasteiger charge is 2.43. The topological polar surface area (TPSA) is 87.2 Å². The van der Waals surface area contributed by atoms with Crippen LogP contribution in [0.2, 0.25) is 0 Å². The summed E-state index contributed by atoms with van der Waals surface area (Å²) in [7, 11) is 0. The Labute approximate surface area is 185 Å². The lowest BCUT2D eigenvalue weighted by Crippen LogP contribution is -2.31. The van der Waals surface area contributed by atoms with E-state index in [4.69, 9.17) is 5.73 Å². The molecule has 2 heterocycles. The first-order chi connectivity index (χ1) is 14.2. The molecule has 1 fully saturated rings. The predicted molar refractivity (Wildman–Crippen MR) is 122 cm³/mol. The van der Waals surface area contributed by atoms with Gasteiger partial charge in [0.05, 0.1) is 10.8 Å². The van der Waals surface area contributed by atoms with E-state index < -0.39 is 5.25 Å². The summed E-state index contributed by atoms with van der Waals surface area (Å²) < 4.78 is 0. The van der Waals surface area contributed by atoms with Crippen molar-refractivity contribution in [2.24, 2.45) is 11.3 Å². The Morgan fingerprint density at radius 1 is 1.20 bits per heavy atom. The first kappa shape index (κ1) is 21.0. The highest BCUT2D eigenvalue weighted by molar-refractivity contribution is 8.00. The Balaban J connectivity index is 1.62. The number of nitriles is 1. The van der Waals surface area contributed by atoms with Crippen LogP contribution in [-0.4, -0.2) is 17.1 Å². The SMILES string of the molecule is CC(C)(C)C1CCc2c(sc(N3C(=O)CC(Sc4ccc(N)cc4)C3=O)c2C#N)C1. The minimum Gasteiger partial charge on any atom is -0.399 e. The van der Waals surface area contributed by atoms with Crippen LogP contribution in [0.15, 0.2) is 29.2 Å². The van der Waals surface area contributed by atoms with Crippen molar-refractivity contribution in [3.8, 4) is 6.07 Å². The molecule has 2 atom stereocenters. The average molecular weight is 440 g/mol. The Morgan fingerprint density at radius 3 is 2.53 bits per heavy atom. The molecular weight excluding hydrogens is 414 g/mol. The summed E-state index contributed by atoms with van der Waals surface area (Å²) in [5.74, 6) is 0.0709. The van der Waals surface area contributed by atoms with E-state index in [2.05, 4.69) is 26.8 Å². The summed E-state index contributed by atoms with van der Waals surface area (Å²) in [5, 5.41) is 9.88. The zero-order chi connectivity index (χ0) is 21.6. The zero-order valence-corrected chi connectivity index (χ0v) is 19.0. The van der Waals surface area contributed by atoms with Crippen LogP contribution in [0.1, 0.15) is 49.6 Å². The number of nitrogen functional groups attached to an aromatic ring is 1. The van der Waals surface area contributed by atoms with Gasteiger partial charge in [0.25, 0.3) is 0 Å². The molecule has 2 unspecified atom stereocenters. The van der Waals surface area contributed by atoms with E-state index in [1.807, 2.05) is 12.1 Å². The van der Waals surface area contributed by atoms with Crippen molar-refractivity contribution in [1.29, 1.82) is 5.26 Å². The second kappa shape index (κ2) is 7.75. The molecule has 2 aliphatic rings. The van der Waals surface area contributed by atoms with Crippen molar-refractivity contribution in [3.05, 3.63) is 40.3 Å². The zero-order valence-electron chi connectivity index (χ0n) is 17.4. The van der Waals surface area contributed by atoms with E-state index in [1.165, 1.54) is 28.0 Å². The van der Waals surface area contributed by atoms with Gasteiger partial charge in [0.2, 0.25) is 11.8 Å². The molecule has 0 saturated carbocycles. The molecule has 0 bridgehead atoms. The molecule has 2 aromatic rings. The summed E-state index contributed by atoms with van der Waals surface area (Å²) in [6.45, 7) is 6.73. The van der Waals surface area contributed by atoms with Gasteiger partial charge in [-0.2, -0.15) is 5.26 Å². The van der Waals surface area contributed by atoms with Gasteiger partial charge in [-0.15, -0.1) is 23.1 Å². The van der Waals surface area contributed by atoms with E-state index in [9.17, 15) is 14.9 Å². The number of fused-ring (bicyclic) bond motifs is 1. The fourth-order valence-electron chi connectivity index (χ4n) is 4.20. The molecule has 1 aromatic carbocycles. The van der Waals surface area contributed by atoms with E-state index >= 15 is 0 Å². The molecule has 7 heteroatoms. The summed E-state index contributed by atoms with van der Waals surface area (Å²) >= 11 is 2.83. The number of nitrogens with two attached hydrogens (primary N) is 1. The Kier molecular flexibility index (Phi) is 5.41. The van der Waals surface area contributed by atoms with Crippen LogP contribution in [0.3, 0.4) is 0 Å². The molecule has 1 aromatic heterocycles. The lowest BCUT2D eigenvalue weighted by atomic mass is 9.72. The Hall–Kier alpha value is -2.30. The standard InChI is InChI=1S/C23H25N3O2S2/c1-23(2,3)13-4-9-16-17(12-24)22(30-18(16)10-13)26-20(27)11-19(21(26)28)29-15-7-5-14(25)6-8-15/h5-8,13,19H,4,9-11,25H2,1-3H3. The highest BCUT2D eigenvalue weighted by Crippen LogP contribution is 2.46. The van der Waals surface area contributed by atoms with Crippen LogP contribution in [0, 0.1) is 22.7 Å². The second-order valence-corrected chi connectivity index (χ2v) is 11.4. The predicted octanol–water partition coefficient (Wildman–Crippen LogP) is 4.78. The number of anilines is 2. The molecule has 4 rings (SSSR count). The van der Waals surface area contributed by atoms with Crippen molar-refractivity contribution in [3.63, 3.8) is 0 Å². The van der Waals surface area contributed by atoms with Crippen LogP contribution in [0.5, 0.6) is 0 Å². The van der Waals surface area contributed by atoms with Gasteiger partial charge in [-0.3, -0.25) is 9.59 Å². The maximum absolute atomic E-state index is 13.1. The normalized spacial score (nSPS) is 21.6. The van der Waals surface area contributed by atoms with Gasteiger partial charge in [0.15, 0.2) is 0 Å². The maximum Gasteiger partial charge on any atom is 0.248 e. The second-order valence-electron chi connectivity index (χ2n) is 9.05. The van der Waals surface area contributed by atoms with Crippen LogP contribution < -0.4 is 10.6 Å². The van der Waals surface area contributed by atoms with Gasteiger partial charge in [-0.1, -0.05) is 20.8 Å². The lowest BCUT2D eigenvalue weighted by molar-refractivity contribution is -0.121. The molecule has 5 nitrogen and oxygen atoms in total. The number of rotatable bonds is 3. The third kappa shape index (κ3) is 3.75. The van der Waals surface area contributed by atoms with Crippen molar-refractivity contribution >= 4 is 45.6 Å². The van der Waals surface area contributed by atoms with Crippen molar-refractivity contribution in [1.82, 2.24) is 0 Å². The van der Waals surface area contributed by atoms with Crippen LogP contribution in [-0.2, 0) is 22.4 Å². The maximum atomic E-state index is 13.1. The van der Waals surface area contributed by atoms with E-state index in [0.717, 1.165) is 34.6 Å². The van der Waals surface area contributed by atoms with E-state index in [0.29, 0.717) is 22.2 Å². The number of imide groups is 1. The largest absolute Gasteiger partial charge is 0.399 e. The van der Waals surface area contributed by atoms with Crippen molar-refractivity contribution < 1.29 is 9.59 Å².